The molecule has 2 nitrogen and oxygen atoms in total. The third kappa shape index (κ3) is 2.30. The summed E-state index contributed by atoms with van der Waals surface area (Å²) in [5.74, 6) is 2.39. The Morgan fingerprint density at radius 1 is 1.41 bits per heavy atom. The zero-order chi connectivity index (χ0) is 11.7. The van der Waals surface area contributed by atoms with Crippen molar-refractivity contribution in [3.8, 4) is 5.75 Å². The second-order valence-corrected chi connectivity index (χ2v) is 6.14. The molecule has 0 N–H and O–H groups in total. The molecule has 0 amide bonds. The quantitative estimate of drug-likeness (QED) is 0.775. The van der Waals surface area contributed by atoms with Crippen LogP contribution in [-0.4, -0.2) is 10.7 Å². The lowest BCUT2D eigenvalue weighted by Crippen LogP contribution is -2.14. The molecule has 0 fully saturated rings. The number of thiazole rings is 1. The fraction of sp³-hybridized carbons (Fsp3) is 0.250. The number of aromatic nitrogens is 1. The van der Waals surface area contributed by atoms with Crippen LogP contribution in [0.15, 0.2) is 35.4 Å². The first-order chi connectivity index (χ1) is 8.36. The summed E-state index contributed by atoms with van der Waals surface area (Å²) in [6.07, 6.45) is 1.89. The van der Waals surface area contributed by atoms with E-state index in [1.54, 1.807) is 11.3 Å². The van der Waals surface area contributed by atoms with Crippen LogP contribution < -0.4 is 4.74 Å². The van der Waals surface area contributed by atoms with Gasteiger partial charge in [0.2, 0.25) is 0 Å². The molecule has 0 aliphatic carbocycles. The molecule has 3 rings (SSSR count). The molecule has 17 heavy (non-hydrogen) atoms. The van der Waals surface area contributed by atoms with Crippen molar-refractivity contribution in [1.29, 1.82) is 0 Å². The Hall–Kier alpha value is -0.710. The van der Waals surface area contributed by atoms with Crippen LogP contribution in [-0.2, 0) is 5.88 Å². The Morgan fingerprint density at radius 2 is 2.29 bits per heavy atom. The van der Waals surface area contributed by atoms with Crippen molar-refractivity contribution in [2.24, 2.45) is 0 Å². The molecule has 0 radical (unpaired) electrons. The van der Waals surface area contributed by atoms with Gasteiger partial charge in [-0.2, -0.15) is 0 Å². The van der Waals surface area contributed by atoms with Crippen molar-refractivity contribution < 1.29 is 4.74 Å². The number of alkyl halides is 1. The van der Waals surface area contributed by atoms with E-state index in [2.05, 4.69) is 11.1 Å². The number of thioether (sulfide) groups is 1. The van der Waals surface area contributed by atoms with Crippen molar-refractivity contribution in [2.75, 3.05) is 5.75 Å². The summed E-state index contributed by atoms with van der Waals surface area (Å²) in [5, 5.41) is 1.02. The average molecular weight is 284 g/mol. The summed E-state index contributed by atoms with van der Waals surface area (Å²) in [7, 11) is 0. The number of rotatable bonds is 2. The normalized spacial score (nSPS) is 18.5. The summed E-state index contributed by atoms with van der Waals surface area (Å²) in [5.41, 5.74) is 0. The van der Waals surface area contributed by atoms with Gasteiger partial charge < -0.3 is 4.74 Å². The van der Waals surface area contributed by atoms with Crippen molar-refractivity contribution in [3.63, 3.8) is 0 Å². The Morgan fingerprint density at radius 3 is 3.12 bits per heavy atom. The molecule has 0 saturated heterocycles. The van der Waals surface area contributed by atoms with Gasteiger partial charge >= 0.3 is 0 Å². The summed E-state index contributed by atoms with van der Waals surface area (Å²) in [6, 6.07) is 8.12. The lowest BCUT2D eigenvalue weighted by molar-refractivity contribution is 0.220. The lowest BCUT2D eigenvalue weighted by Gasteiger charge is -2.23. The standard InChI is InChI=1S/C12H10ClNOS2/c13-5-8-6-14-12(17-8)10-7-16-11-4-2-1-3-9(11)15-10/h1-4,6,10H,5,7H2. The zero-order valence-corrected chi connectivity index (χ0v) is 11.3. The minimum atomic E-state index is 0.0527. The monoisotopic (exact) mass is 283 g/mol. The number of nitrogens with zero attached hydrogens (tertiary/aromatic N) is 1. The highest BCUT2D eigenvalue weighted by molar-refractivity contribution is 7.99. The molecule has 1 atom stereocenters. The van der Waals surface area contributed by atoms with E-state index in [1.165, 1.54) is 4.90 Å². The minimum Gasteiger partial charge on any atom is -0.481 e. The Bertz CT molecular complexity index is 529. The summed E-state index contributed by atoms with van der Waals surface area (Å²) in [6.45, 7) is 0. The molecule has 1 aliphatic heterocycles. The second-order valence-electron chi connectivity index (χ2n) is 3.66. The third-order valence-corrected chi connectivity index (χ3v) is 5.14. The van der Waals surface area contributed by atoms with E-state index in [4.69, 9.17) is 16.3 Å². The average Bonchev–Trinajstić information content (AvgIpc) is 2.87. The van der Waals surface area contributed by atoms with E-state index in [-0.39, 0.29) is 6.10 Å². The highest BCUT2D eigenvalue weighted by Crippen LogP contribution is 2.40. The predicted molar refractivity (Wildman–Crippen MR) is 72.2 cm³/mol. The van der Waals surface area contributed by atoms with E-state index in [0.717, 1.165) is 21.4 Å². The van der Waals surface area contributed by atoms with Gasteiger partial charge in [0.25, 0.3) is 0 Å². The van der Waals surface area contributed by atoms with Crippen LogP contribution in [0.1, 0.15) is 16.0 Å². The van der Waals surface area contributed by atoms with Crippen LogP contribution in [0.25, 0.3) is 0 Å². The molecule has 5 heteroatoms. The molecule has 1 unspecified atom stereocenters. The van der Waals surface area contributed by atoms with E-state index < -0.39 is 0 Å². The number of benzene rings is 1. The maximum atomic E-state index is 5.96. The highest BCUT2D eigenvalue weighted by Gasteiger charge is 2.23. The molecule has 2 aromatic rings. The van der Waals surface area contributed by atoms with Crippen LogP contribution in [0.5, 0.6) is 5.75 Å². The van der Waals surface area contributed by atoms with E-state index >= 15 is 0 Å². The molecule has 0 spiro atoms. The minimum absolute atomic E-state index is 0.0527. The SMILES string of the molecule is ClCc1cnc(C2CSc3ccccc3O2)s1. The number of ether oxygens (including phenoxy) is 1. The maximum Gasteiger partial charge on any atom is 0.159 e. The topological polar surface area (TPSA) is 22.1 Å². The van der Waals surface area contributed by atoms with Gasteiger partial charge in [-0.15, -0.1) is 34.7 Å². The lowest BCUT2D eigenvalue weighted by atomic mass is 10.3. The van der Waals surface area contributed by atoms with Crippen LogP contribution in [0, 0.1) is 0 Å². The summed E-state index contributed by atoms with van der Waals surface area (Å²) in [4.78, 5) is 6.68. The molecule has 2 heterocycles. The van der Waals surface area contributed by atoms with Crippen molar-refractivity contribution in [3.05, 3.63) is 40.3 Å². The molecule has 1 aliphatic rings. The second kappa shape index (κ2) is 4.88. The smallest absolute Gasteiger partial charge is 0.159 e. The van der Waals surface area contributed by atoms with Crippen LogP contribution >= 0.6 is 34.7 Å². The number of hydrogen-bond donors (Lipinski definition) is 0. The molecule has 1 aromatic carbocycles. The van der Waals surface area contributed by atoms with Crippen LogP contribution in [0.3, 0.4) is 0 Å². The van der Waals surface area contributed by atoms with Crippen LogP contribution in [0.2, 0.25) is 0 Å². The fourth-order valence-electron chi connectivity index (χ4n) is 1.67. The third-order valence-electron chi connectivity index (χ3n) is 2.49. The van der Waals surface area contributed by atoms with Crippen molar-refractivity contribution in [2.45, 2.75) is 16.9 Å². The summed E-state index contributed by atoms with van der Waals surface area (Å²) >= 11 is 9.23. The van der Waals surface area contributed by atoms with Gasteiger partial charge in [0.1, 0.15) is 10.8 Å². The van der Waals surface area contributed by atoms with Gasteiger partial charge in [0.15, 0.2) is 6.10 Å². The number of fused-ring (bicyclic) bond motifs is 1. The van der Waals surface area contributed by atoms with Gasteiger partial charge in [-0.25, -0.2) is 4.98 Å². The summed E-state index contributed by atoms with van der Waals surface area (Å²) < 4.78 is 5.96. The van der Waals surface area contributed by atoms with E-state index in [1.807, 2.05) is 36.2 Å². The first-order valence-electron chi connectivity index (χ1n) is 5.26. The van der Waals surface area contributed by atoms with Crippen LogP contribution in [0.4, 0.5) is 0 Å². The Kier molecular flexibility index (Phi) is 3.27. The van der Waals surface area contributed by atoms with Gasteiger partial charge in [-0.3, -0.25) is 0 Å². The highest BCUT2D eigenvalue weighted by atomic mass is 35.5. The Labute approximate surface area is 113 Å². The van der Waals surface area contributed by atoms with Gasteiger partial charge in [0.05, 0.1) is 5.88 Å². The maximum absolute atomic E-state index is 5.96. The first kappa shape index (κ1) is 11.4. The molecule has 0 bridgehead atoms. The Balaban J connectivity index is 1.84. The van der Waals surface area contributed by atoms with Gasteiger partial charge in [0, 0.05) is 21.7 Å². The number of halogens is 1. The first-order valence-corrected chi connectivity index (χ1v) is 7.59. The molecule has 88 valence electrons. The molecular formula is C12H10ClNOS2. The van der Waals surface area contributed by atoms with Crippen molar-refractivity contribution in [1.82, 2.24) is 4.98 Å². The molecule has 0 saturated carbocycles. The number of para-hydroxylation sites is 1. The fourth-order valence-corrected chi connectivity index (χ4v) is 3.80. The predicted octanol–water partition coefficient (Wildman–Crippen LogP) is 4.11. The van der Waals surface area contributed by atoms with Crippen molar-refractivity contribution >= 4 is 34.7 Å². The van der Waals surface area contributed by atoms with E-state index in [0.29, 0.717) is 5.88 Å². The number of hydrogen-bond acceptors (Lipinski definition) is 4. The largest absolute Gasteiger partial charge is 0.481 e. The van der Waals surface area contributed by atoms with Gasteiger partial charge in [-0.05, 0) is 12.1 Å². The van der Waals surface area contributed by atoms with Gasteiger partial charge in [-0.1, -0.05) is 12.1 Å². The molecular weight excluding hydrogens is 274 g/mol. The zero-order valence-electron chi connectivity index (χ0n) is 8.93. The molecule has 1 aromatic heterocycles. The van der Waals surface area contributed by atoms with E-state index in [9.17, 15) is 0 Å².